The lowest BCUT2D eigenvalue weighted by atomic mass is 9.73. The zero-order valence-corrected chi connectivity index (χ0v) is 17.4. The largest absolute Gasteiger partial charge is 0.391 e. The van der Waals surface area contributed by atoms with Gasteiger partial charge in [0.05, 0.1) is 17.2 Å². The van der Waals surface area contributed by atoms with E-state index in [1.807, 2.05) is 11.0 Å². The van der Waals surface area contributed by atoms with Crippen molar-refractivity contribution >= 4 is 34.8 Å². The minimum atomic E-state index is -1.23. The molecule has 0 radical (unpaired) electrons. The highest BCUT2D eigenvalue weighted by atomic mass is 35.5. The first-order chi connectivity index (χ1) is 14.4. The molecular weight excluding hydrogens is 428 g/mol. The number of carbonyl (C=O) groups excluding carboxylic acids is 1. The van der Waals surface area contributed by atoms with Gasteiger partial charge in [-0.05, 0) is 42.0 Å². The molecule has 8 heteroatoms. The highest BCUT2D eigenvalue weighted by molar-refractivity contribution is 6.31. The van der Waals surface area contributed by atoms with Gasteiger partial charge >= 0.3 is 0 Å². The van der Waals surface area contributed by atoms with Gasteiger partial charge in [-0.15, -0.1) is 0 Å². The topological polar surface area (TPSA) is 78.6 Å². The van der Waals surface area contributed by atoms with Crippen molar-refractivity contribution in [1.29, 1.82) is 0 Å². The van der Waals surface area contributed by atoms with Crippen molar-refractivity contribution in [2.24, 2.45) is 17.6 Å². The highest BCUT2D eigenvalue weighted by Gasteiger charge is 2.71. The fourth-order valence-corrected chi connectivity index (χ4v) is 6.61. The highest BCUT2D eigenvalue weighted by Crippen LogP contribution is 2.62. The van der Waals surface area contributed by atoms with Crippen molar-refractivity contribution in [3.63, 3.8) is 0 Å². The van der Waals surface area contributed by atoms with Crippen LogP contribution in [0.4, 0.5) is 10.1 Å². The summed E-state index contributed by atoms with van der Waals surface area (Å²) in [6.45, 7) is 0.633. The molecule has 7 atom stereocenters. The van der Waals surface area contributed by atoms with Crippen molar-refractivity contribution in [3.8, 4) is 0 Å². The average Bonchev–Trinajstić information content (AvgIpc) is 3.37. The maximum absolute atomic E-state index is 15.3. The van der Waals surface area contributed by atoms with E-state index >= 15 is 4.39 Å². The molecule has 3 heterocycles. The van der Waals surface area contributed by atoms with Crippen molar-refractivity contribution in [3.05, 3.63) is 63.4 Å². The molecule has 3 aliphatic heterocycles. The van der Waals surface area contributed by atoms with Gasteiger partial charge in [0, 0.05) is 34.8 Å². The van der Waals surface area contributed by atoms with E-state index in [2.05, 4.69) is 5.32 Å². The number of aliphatic hydroxyl groups is 1. The van der Waals surface area contributed by atoms with Gasteiger partial charge in [0.1, 0.15) is 11.4 Å². The maximum Gasteiger partial charge on any atom is 0.250 e. The number of nitrogens with two attached hydrogens (primary N) is 1. The van der Waals surface area contributed by atoms with E-state index in [0.717, 1.165) is 6.42 Å². The van der Waals surface area contributed by atoms with Crippen LogP contribution in [0.5, 0.6) is 0 Å². The number of fused-ring (bicyclic) bond motifs is 5. The van der Waals surface area contributed by atoms with Gasteiger partial charge in [0.25, 0.3) is 0 Å². The third kappa shape index (κ3) is 2.21. The van der Waals surface area contributed by atoms with Crippen LogP contribution < -0.4 is 11.1 Å². The molecule has 4 aliphatic rings. The van der Waals surface area contributed by atoms with Gasteiger partial charge in [-0.1, -0.05) is 41.4 Å². The third-order valence-corrected chi connectivity index (χ3v) is 8.07. The Balaban J connectivity index is 1.64. The molecule has 2 aromatic rings. The second-order valence-corrected chi connectivity index (χ2v) is 9.75. The fraction of sp³-hybridized carbons (Fsp3) is 0.409. The molecule has 0 bridgehead atoms. The molecule has 5 nitrogen and oxygen atoms in total. The minimum absolute atomic E-state index is 0.0159. The van der Waals surface area contributed by atoms with Crippen LogP contribution >= 0.6 is 23.2 Å². The third-order valence-electron chi connectivity index (χ3n) is 7.54. The molecule has 156 valence electrons. The predicted molar refractivity (Wildman–Crippen MR) is 112 cm³/mol. The van der Waals surface area contributed by atoms with Gasteiger partial charge in [-0.3, -0.25) is 9.69 Å². The first kappa shape index (κ1) is 19.0. The van der Waals surface area contributed by atoms with Crippen molar-refractivity contribution in [2.75, 3.05) is 11.9 Å². The second kappa shape index (κ2) is 6.17. The van der Waals surface area contributed by atoms with Crippen LogP contribution in [0.3, 0.4) is 0 Å². The lowest BCUT2D eigenvalue weighted by Gasteiger charge is -2.42. The first-order valence-corrected chi connectivity index (χ1v) is 10.9. The average molecular weight is 448 g/mol. The predicted octanol–water partition coefficient (Wildman–Crippen LogP) is 3.09. The van der Waals surface area contributed by atoms with Crippen LogP contribution in [0.25, 0.3) is 0 Å². The Morgan fingerprint density at radius 3 is 2.87 bits per heavy atom. The summed E-state index contributed by atoms with van der Waals surface area (Å²) < 4.78 is 15.3. The number of nitrogens with one attached hydrogen (secondary N) is 1. The zero-order valence-electron chi connectivity index (χ0n) is 15.9. The molecule has 1 amide bonds. The van der Waals surface area contributed by atoms with E-state index in [9.17, 15) is 9.90 Å². The van der Waals surface area contributed by atoms with E-state index in [4.69, 9.17) is 28.9 Å². The summed E-state index contributed by atoms with van der Waals surface area (Å²) in [4.78, 5) is 15.7. The molecule has 6 rings (SSSR count). The summed E-state index contributed by atoms with van der Waals surface area (Å²) in [7, 11) is 0. The number of amides is 1. The Labute approximate surface area is 182 Å². The molecule has 0 aromatic heterocycles. The fourth-order valence-electron chi connectivity index (χ4n) is 6.26. The Morgan fingerprint density at radius 2 is 2.07 bits per heavy atom. The molecule has 30 heavy (non-hydrogen) atoms. The number of rotatable bonds is 1. The number of anilines is 1. The number of halogens is 3. The van der Waals surface area contributed by atoms with Crippen LogP contribution in [0.1, 0.15) is 23.5 Å². The molecule has 1 saturated carbocycles. The summed E-state index contributed by atoms with van der Waals surface area (Å²) in [5.74, 6) is -1.06. The van der Waals surface area contributed by atoms with E-state index < -0.39 is 35.5 Å². The Morgan fingerprint density at radius 1 is 1.27 bits per heavy atom. The van der Waals surface area contributed by atoms with Crippen molar-refractivity contribution in [2.45, 2.75) is 36.1 Å². The molecule has 2 saturated heterocycles. The first-order valence-electron chi connectivity index (χ1n) is 10.1. The van der Waals surface area contributed by atoms with E-state index in [1.54, 1.807) is 24.3 Å². The van der Waals surface area contributed by atoms with Crippen LogP contribution in [0.15, 0.2) is 36.4 Å². The molecular formula is C22H20Cl2FN3O2. The van der Waals surface area contributed by atoms with Crippen LogP contribution in [0, 0.1) is 17.7 Å². The minimum Gasteiger partial charge on any atom is -0.391 e. The quantitative estimate of drug-likeness (QED) is 0.627. The van der Waals surface area contributed by atoms with E-state index in [1.165, 1.54) is 6.07 Å². The number of benzene rings is 2. The SMILES string of the molecule is N[C@@H]1[C@@H]2[C@H](O)C3CC3CN2[C@@]2(C(=O)Nc3cc(Cl)ccc32)[C@H]1c1cccc(Cl)c1F. The van der Waals surface area contributed by atoms with Gasteiger partial charge in [0.15, 0.2) is 0 Å². The summed E-state index contributed by atoms with van der Waals surface area (Å²) in [6, 6.07) is 8.92. The smallest absolute Gasteiger partial charge is 0.250 e. The van der Waals surface area contributed by atoms with Gasteiger partial charge < -0.3 is 16.2 Å². The number of hydrogen-bond donors (Lipinski definition) is 3. The summed E-state index contributed by atoms with van der Waals surface area (Å²) >= 11 is 12.3. The van der Waals surface area contributed by atoms with E-state index in [-0.39, 0.29) is 16.8 Å². The van der Waals surface area contributed by atoms with Gasteiger partial charge in [-0.2, -0.15) is 0 Å². The standard InChI is InChI=1S/C22H20Cl2FN3O2/c23-10-4-5-13-15(7-10)27-21(30)22(13)16(11-2-1-3-14(24)17(11)25)18(26)19-20(29)12-6-9(12)8-28(19)22/h1-5,7,9,12,16,18-20,29H,6,8,26H2,(H,27,30)/t9?,12?,16-,18-,19+,20+,22+/m0/s1. The van der Waals surface area contributed by atoms with Gasteiger partial charge in [-0.25, -0.2) is 4.39 Å². The summed E-state index contributed by atoms with van der Waals surface area (Å²) in [6.07, 6.45) is 0.259. The van der Waals surface area contributed by atoms with Crippen LogP contribution in [0.2, 0.25) is 10.0 Å². The normalized spacial score (nSPS) is 38.9. The Kier molecular flexibility index (Phi) is 3.91. The Bertz CT molecular complexity index is 1100. The number of hydrogen-bond acceptors (Lipinski definition) is 4. The van der Waals surface area contributed by atoms with Crippen LogP contribution in [-0.4, -0.2) is 40.6 Å². The molecule has 1 spiro atoms. The molecule has 2 unspecified atom stereocenters. The lowest BCUT2D eigenvalue weighted by Crippen LogP contribution is -2.58. The molecule has 4 N–H and O–H groups in total. The number of nitrogens with zero attached hydrogens (tertiary/aromatic N) is 1. The van der Waals surface area contributed by atoms with Crippen LogP contribution in [-0.2, 0) is 10.3 Å². The summed E-state index contributed by atoms with van der Waals surface area (Å²) in [5, 5.41) is 14.5. The molecule has 1 aliphatic carbocycles. The lowest BCUT2D eigenvalue weighted by molar-refractivity contribution is -0.130. The Hall–Kier alpha value is -1.70. The van der Waals surface area contributed by atoms with E-state index in [0.29, 0.717) is 34.3 Å². The summed E-state index contributed by atoms with van der Waals surface area (Å²) in [5.41, 5.74) is 7.12. The number of aliphatic hydroxyl groups excluding tert-OH is 1. The molecule has 3 fully saturated rings. The maximum atomic E-state index is 15.3. The monoisotopic (exact) mass is 447 g/mol. The second-order valence-electron chi connectivity index (χ2n) is 8.90. The van der Waals surface area contributed by atoms with Gasteiger partial charge in [0.2, 0.25) is 5.91 Å². The molecule has 2 aromatic carbocycles. The number of piperidine rings is 1. The van der Waals surface area contributed by atoms with Crippen molar-refractivity contribution < 1.29 is 14.3 Å². The zero-order chi connectivity index (χ0) is 20.9. The number of carbonyl (C=O) groups is 1. The van der Waals surface area contributed by atoms with Crippen molar-refractivity contribution in [1.82, 2.24) is 4.90 Å².